The third-order valence-corrected chi connectivity index (χ3v) is 9.03. The second-order valence-corrected chi connectivity index (χ2v) is 13.8. The molecule has 38 heavy (non-hydrogen) atoms. The van der Waals surface area contributed by atoms with Crippen LogP contribution in [0, 0.1) is 10.8 Å². The second kappa shape index (κ2) is 10.8. The number of rotatable bonds is 7. The molecule has 1 amide bonds. The van der Waals surface area contributed by atoms with Crippen molar-refractivity contribution < 1.29 is 33.5 Å². The lowest BCUT2D eigenvalue weighted by Gasteiger charge is -2.44. The van der Waals surface area contributed by atoms with Crippen molar-refractivity contribution in [3.8, 4) is 5.75 Å². The number of hydrogen-bond acceptors (Lipinski definition) is 4. The molecule has 2 aliphatic rings. The van der Waals surface area contributed by atoms with Crippen molar-refractivity contribution in [2.24, 2.45) is 10.8 Å². The van der Waals surface area contributed by atoms with Gasteiger partial charge in [0, 0.05) is 0 Å². The molecule has 0 bridgehead atoms. The Morgan fingerprint density at radius 2 is 1.58 bits per heavy atom. The van der Waals surface area contributed by atoms with Gasteiger partial charge in [-0.15, -0.1) is 0 Å². The van der Waals surface area contributed by atoms with Crippen molar-refractivity contribution in [1.29, 1.82) is 0 Å². The number of nitrogens with one attached hydrogen (secondary N) is 1. The van der Waals surface area contributed by atoms with E-state index >= 15 is 0 Å². The summed E-state index contributed by atoms with van der Waals surface area (Å²) in [5.41, 5.74) is -1.16. The third kappa shape index (κ3) is 6.71. The van der Waals surface area contributed by atoms with Crippen LogP contribution in [0.3, 0.4) is 0 Å². The smallest absolute Gasteiger partial charge is 0.469 e. The topological polar surface area (TPSA) is 125 Å². The minimum atomic E-state index is -4.91. The molecule has 2 aliphatic carbocycles. The maximum atomic E-state index is 11.8. The van der Waals surface area contributed by atoms with E-state index in [2.05, 4.69) is 5.32 Å². The lowest BCUT2D eigenvalue weighted by atomic mass is 9.65. The number of carboxylic acid groups (broad SMARTS) is 1. The van der Waals surface area contributed by atoms with Crippen LogP contribution in [0.4, 0.5) is 4.79 Å². The highest BCUT2D eigenvalue weighted by molar-refractivity contribution is 7.46. The minimum Gasteiger partial charge on any atom is -0.490 e. The average molecular weight is 548 g/mol. The van der Waals surface area contributed by atoms with Crippen LogP contribution in [-0.2, 0) is 14.6 Å². The van der Waals surface area contributed by atoms with E-state index < -0.39 is 31.0 Å². The predicted octanol–water partition coefficient (Wildman–Crippen LogP) is 7.12. The summed E-state index contributed by atoms with van der Waals surface area (Å²) < 4.78 is 23.4. The Morgan fingerprint density at radius 3 is 2.16 bits per heavy atom. The van der Waals surface area contributed by atoms with E-state index in [1.54, 1.807) is 33.8 Å². The summed E-state index contributed by atoms with van der Waals surface area (Å²) in [5.74, 6) is 0.818. The predicted molar refractivity (Wildman–Crippen MR) is 147 cm³/mol. The number of hydrogen-bond donors (Lipinski definition) is 4. The zero-order chi connectivity index (χ0) is 27.8. The first-order valence-corrected chi connectivity index (χ1v) is 15.2. The highest BCUT2D eigenvalue weighted by Gasteiger charge is 2.48. The van der Waals surface area contributed by atoms with Crippen LogP contribution in [-0.4, -0.2) is 33.2 Å². The Morgan fingerprint density at radius 1 is 0.974 bits per heavy atom. The third-order valence-electron chi connectivity index (χ3n) is 8.54. The van der Waals surface area contributed by atoms with Gasteiger partial charge in [0.25, 0.3) is 0 Å². The quantitative estimate of drug-likeness (QED) is 0.272. The van der Waals surface area contributed by atoms with Crippen molar-refractivity contribution in [2.45, 2.75) is 103 Å². The number of carbonyl (C=O) groups is 1. The fourth-order valence-electron chi connectivity index (χ4n) is 6.71. The molecule has 8 nitrogen and oxygen atoms in total. The molecule has 2 saturated carbocycles. The van der Waals surface area contributed by atoms with E-state index in [0.29, 0.717) is 11.0 Å². The van der Waals surface area contributed by atoms with E-state index in [4.69, 9.17) is 9.26 Å². The number of fused-ring (bicyclic) bond motifs is 1. The summed E-state index contributed by atoms with van der Waals surface area (Å²) in [4.78, 5) is 31.0. The monoisotopic (exact) mass is 547 g/mol. The Bertz CT molecular complexity index is 1190. The Kier molecular flexibility index (Phi) is 8.21. The normalized spacial score (nSPS) is 21.1. The van der Waals surface area contributed by atoms with Gasteiger partial charge in [-0.05, 0) is 90.8 Å². The molecule has 1 unspecified atom stereocenters. The molecule has 9 heteroatoms. The van der Waals surface area contributed by atoms with Gasteiger partial charge in [-0.2, -0.15) is 0 Å². The zero-order valence-corrected chi connectivity index (χ0v) is 23.8. The summed E-state index contributed by atoms with van der Waals surface area (Å²) in [6, 6.07) is 11.4. The van der Waals surface area contributed by atoms with Crippen LogP contribution >= 0.6 is 7.82 Å². The van der Waals surface area contributed by atoms with Crippen LogP contribution in [0.2, 0.25) is 0 Å². The van der Waals surface area contributed by atoms with Gasteiger partial charge in [0.2, 0.25) is 0 Å². The molecule has 0 saturated heterocycles. The summed E-state index contributed by atoms with van der Waals surface area (Å²) in [6.07, 6.45) is 9.24. The summed E-state index contributed by atoms with van der Waals surface area (Å²) in [5, 5.41) is 13.9. The maximum absolute atomic E-state index is 11.8. The molecule has 1 spiro atoms. The van der Waals surface area contributed by atoms with Gasteiger partial charge in [-0.1, -0.05) is 58.2 Å². The van der Waals surface area contributed by atoms with E-state index in [1.807, 2.05) is 30.3 Å². The van der Waals surface area contributed by atoms with E-state index in [-0.39, 0.29) is 6.10 Å². The van der Waals surface area contributed by atoms with Crippen LogP contribution in [0.5, 0.6) is 5.75 Å². The maximum Gasteiger partial charge on any atom is 0.469 e. The molecule has 2 aromatic carbocycles. The number of ether oxygens (including phenoxy) is 1. The fraction of sp³-hybridized carbons (Fsp3) is 0.621. The number of phosphoric acid groups is 1. The van der Waals surface area contributed by atoms with Gasteiger partial charge < -0.3 is 24.9 Å². The molecule has 0 aliphatic heterocycles. The van der Waals surface area contributed by atoms with Crippen molar-refractivity contribution in [2.75, 3.05) is 0 Å². The Labute approximate surface area is 225 Å². The molecule has 2 atom stereocenters. The highest BCUT2D eigenvalue weighted by Crippen LogP contribution is 2.49. The number of phosphoric ester groups is 1. The van der Waals surface area contributed by atoms with Gasteiger partial charge in [0.05, 0.1) is 11.6 Å². The van der Waals surface area contributed by atoms with Crippen LogP contribution < -0.4 is 10.1 Å². The van der Waals surface area contributed by atoms with Gasteiger partial charge >= 0.3 is 13.9 Å². The molecule has 4 N–H and O–H groups in total. The lowest BCUT2D eigenvalue weighted by Crippen LogP contribution is -2.56. The largest absolute Gasteiger partial charge is 0.490 e. The van der Waals surface area contributed by atoms with E-state index in [9.17, 15) is 24.3 Å². The first-order valence-electron chi connectivity index (χ1n) is 13.7. The molecule has 0 heterocycles. The van der Waals surface area contributed by atoms with E-state index in [1.165, 1.54) is 44.9 Å². The Hall–Kier alpha value is -2.12. The van der Waals surface area contributed by atoms with E-state index in [0.717, 1.165) is 29.4 Å². The highest BCUT2D eigenvalue weighted by atomic mass is 31.2. The minimum absolute atomic E-state index is 0.222. The molecular formula is C29H42NO7P. The lowest BCUT2D eigenvalue weighted by molar-refractivity contribution is -0.0140. The molecular weight excluding hydrogens is 505 g/mol. The van der Waals surface area contributed by atoms with Gasteiger partial charge in [-0.3, -0.25) is 4.52 Å². The first kappa shape index (κ1) is 28.9. The van der Waals surface area contributed by atoms with Crippen molar-refractivity contribution in [3.63, 3.8) is 0 Å². The summed E-state index contributed by atoms with van der Waals surface area (Å²) in [6.45, 7) is 6.84. The second-order valence-electron chi connectivity index (χ2n) is 12.6. The van der Waals surface area contributed by atoms with Crippen molar-refractivity contribution in [3.05, 3.63) is 42.0 Å². The molecule has 4 rings (SSSR count). The SMILES string of the molecule is CC(C)(C)C(OP(=O)(O)O)[C@](C)(NC(=O)O)c1ccc2cc(OC3CCC4(CCCCC4)CC3)ccc2c1. The van der Waals surface area contributed by atoms with Crippen LogP contribution in [0.15, 0.2) is 36.4 Å². The molecule has 2 fully saturated rings. The Balaban J connectivity index is 1.57. The fourth-order valence-corrected chi connectivity index (χ4v) is 7.52. The summed E-state index contributed by atoms with van der Waals surface area (Å²) in [7, 11) is -4.91. The molecule has 0 radical (unpaired) electrons. The number of amides is 1. The molecule has 2 aromatic rings. The van der Waals surface area contributed by atoms with Crippen molar-refractivity contribution >= 4 is 24.7 Å². The first-order chi connectivity index (χ1) is 17.7. The van der Waals surface area contributed by atoms with Crippen LogP contribution in [0.25, 0.3) is 10.8 Å². The van der Waals surface area contributed by atoms with Gasteiger partial charge in [0.15, 0.2) is 0 Å². The zero-order valence-electron chi connectivity index (χ0n) is 22.9. The van der Waals surface area contributed by atoms with Gasteiger partial charge in [-0.25, -0.2) is 9.36 Å². The van der Waals surface area contributed by atoms with Gasteiger partial charge in [0.1, 0.15) is 11.9 Å². The molecule has 210 valence electrons. The molecule has 0 aromatic heterocycles. The average Bonchev–Trinajstić information content (AvgIpc) is 2.83. The summed E-state index contributed by atoms with van der Waals surface area (Å²) >= 11 is 0. The van der Waals surface area contributed by atoms with Crippen molar-refractivity contribution in [1.82, 2.24) is 5.32 Å². The van der Waals surface area contributed by atoms with Crippen LogP contribution in [0.1, 0.15) is 91.0 Å². The number of benzene rings is 2. The standard InChI is InChI=1S/C29H42NO7P/c1-27(2,3)25(37-38(33,34)35)28(4,30-26(31)32)22-10-8-21-19-24(11-9-20(21)18-22)36-23-12-16-29(17-13-23)14-6-5-7-15-29/h8-11,18-19,23,25,30H,5-7,12-17H2,1-4H3,(H,31,32)(H2,33,34,35)/t25?,28-/m1/s1.